The van der Waals surface area contributed by atoms with Crippen LogP contribution in [0.15, 0.2) is 54.7 Å². The van der Waals surface area contributed by atoms with Crippen molar-refractivity contribution in [2.45, 2.75) is 52.6 Å². The van der Waals surface area contributed by atoms with E-state index >= 15 is 0 Å². The van der Waals surface area contributed by atoms with Crippen LogP contribution in [0.4, 0.5) is 13.2 Å². The topological polar surface area (TPSA) is 82.5 Å². The van der Waals surface area contributed by atoms with Gasteiger partial charge in [-0.15, -0.1) is 0 Å². The minimum absolute atomic E-state index is 0.0230. The van der Waals surface area contributed by atoms with E-state index in [-0.39, 0.29) is 30.0 Å². The molecule has 194 valence electrons. The number of benzene rings is 2. The number of amides is 1. The molecular weight excluding hydrogens is 483 g/mol. The molecule has 1 aromatic heterocycles. The molecule has 0 radical (unpaired) electrons. The number of carboxylic acids is 1. The van der Waals surface area contributed by atoms with E-state index in [0.717, 1.165) is 34.5 Å². The summed E-state index contributed by atoms with van der Waals surface area (Å²) in [7, 11) is 0. The zero-order valence-electron chi connectivity index (χ0n) is 20.8. The van der Waals surface area contributed by atoms with Crippen molar-refractivity contribution in [3.63, 3.8) is 0 Å². The molecule has 3 aromatic rings. The molecule has 0 spiro atoms. The maximum Gasteiger partial charge on any atom is 0.416 e. The highest BCUT2D eigenvalue weighted by Crippen LogP contribution is 2.39. The molecule has 2 aromatic carbocycles. The van der Waals surface area contributed by atoms with E-state index in [1.807, 2.05) is 6.07 Å². The fourth-order valence-corrected chi connectivity index (χ4v) is 4.81. The van der Waals surface area contributed by atoms with Gasteiger partial charge in [0.2, 0.25) is 0 Å². The number of carbonyl (C=O) groups is 2. The predicted octanol–water partition coefficient (Wildman–Crippen LogP) is 5.75. The second-order valence-electron chi connectivity index (χ2n) is 9.69. The summed E-state index contributed by atoms with van der Waals surface area (Å²) in [5.74, 6) is -1.08. The Bertz CT molecular complexity index is 1320. The molecule has 2 heterocycles. The molecule has 1 aliphatic rings. The van der Waals surface area contributed by atoms with Gasteiger partial charge in [0.15, 0.2) is 0 Å². The highest BCUT2D eigenvalue weighted by molar-refractivity contribution is 5.94. The highest BCUT2D eigenvalue weighted by Gasteiger charge is 2.35. The number of carbonyl (C=O) groups excluding carboxylic acids is 1. The van der Waals surface area contributed by atoms with E-state index < -0.39 is 17.7 Å². The van der Waals surface area contributed by atoms with Gasteiger partial charge in [0, 0.05) is 25.8 Å². The van der Waals surface area contributed by atoms with Gasteiger partial charge in [-0.2, -0.15) is 13.2 Å². The Morgan fingerprint density at radius 3 is 2.38 bits per heavy atom. The van der Waals surface area contributed by atoms with Crippen molar-refractivity contribution in [2.75, 3.05) is 0 Å². The third-order valence-corrected chi connectivity index (χ3v) is 6.58. The summed E-state index contributed by atoms with van der Waals surface area (Å²) in [4.78, 5) is 30.8. The summed E-state index contributed by atoms with van der Waals surface area (Å²) < 4.78 is 38.7. The summed E-state index contributed by atoms with van der Waals surface area (Å²) >= 11 is 0. The second-order valence-corrected chi connectivity index (χ2v) is 9.69. The van der Waals surface area contributed by atoms with E-state index in [0.29, 0.717) is 24.2 Å². The zero-order chi connectivity index (χ0) is 26.9. The van der Waals surface area contributed by atoms with Crippen LogP contribution in [-0.2, 0) is 25.8 Å². The number of carboxylic acid groups (broad SMARTS) is 1. The van der Waals surface area contributed by atoms with E-state index in [4.69, 9.17) is 0 Å². The molecule has 1 atom stereocenters. The number of halogens is 3. The fraction of sp³-hybridized carbons (Fsp3) is 0.321. The molecule has 0 bridgehead atoms. The first-order valence-electron chi connectivity index (χ1n) is 11.9. The Morgan fingerprint density at radius 2 is 1.78 bits per heavy atom. The van der Waals surface area contributed by atoms with Crippen molar-refractivity contribution < 1.29 is 27.9 Å². The quantitative estimate of drug-likeness (QED) is 0.422. The minimum Gasteiger partial charge on any atom is -0.478 e. The van der Waals surface area contributed by atoms with Crippen molar-refractivity contribution in [3.8, 4) is 0 Å². The maximum absolute atomic E-state index is 12.9. The van der Waals surface area contributed by atoms with Crippen molar-refractivity contribution in [1.29, 1.82) is 0 Å². The number of hydrogen-bond donors (Lipinski definition) is 2. The van der Waals surface area contributed by atoms with Gasteiger partial charge in [0.25, 0.3) is 5.91 Å². The molecule has 4 rings (SSSR count). The van der Waals surface area contributed by atoms with Crippen molar-refractivity contribution in [1.82, 2.24) is 15.2 Å². The SMILES string of the molecule is Cc1cc(CNC(=O)c2cnc3c(c2)CN(Cc2ccc(C(F)(F)F)cc2)[C@H]3C(C)C)ccc1C(=O)O. The average Bonchev–Trinajstić information content (AvgIpc) is 3.19. The number of fused-ring (bicyclic) bond motifs is 1. The number of aromatic nitrogens is 1. The molecule has 0 saturated carbocycles. The number of aromatic carboxylic acids is 1. The standard InChI is InChI=1S/C28H28F3N3O3/c1-16(2)25-24-21(15-34(25)14-18-4-7-22(8-5-18)28(29,30)31)11-20(13-32-24)26(35)33-12-19-6-9-23(27(36)37)17(3)10-19/h4-11,13,16,25H,12,14-15H2,1-3H3,(H,33,35)(H,36,37)/t25-/m0/s1. The molecule has 1 amide bonds. The molecule has 6 nitrogen and oxygen atoms in total. The van der Waals surface area contributed by atoms with E-state index in [1.165, 1.54) is 18.2 Å². The molecule has 37 heavy (non-hydrogen) atoms. The highest BCUT2D eigenvalue weighted by atomic mass is 19.4. The average molecular weight is 512 g/mol. The van der Waals surface area contributed by atoms with Crippen LogP contribution in [-0.4, -0.2) is 26.9 Å². The lowest BCUT2D eigenvalue weighted by Gasteiger charge is -2.27. The monoisotopic (exact) mass is 511 g/mol. The van der Waals surface area contributed by atoms with Gasteiger partial charge in [-0.3, -0.25) is 14.7 Å². The minimum atomic E-state index is -4.37. The Hall–Kier alpha value is -3.72. The third kappa shape index (κ3) is 5.83. The molecule has 0 saturated heterocycles. The summed E-state index contributed by atoms with van der Waals surface area (Å²) in [5.41, 5.74) is 3.92. The molecular formula is C28H28F3N3O3. The molecule has 1 aliphatic heterocycles. The Kier molecular flexibility index (Phi) is 7.36. The van der Waals surface area contributed by atoms with Crippen molar-refractivity contribution >= 4 is 11.9 Å². The van der Waals surface area contributed by atoms with Gasteiger partial charge in [-0.05, 0) is 59.4 Å². The molecule has 0 aliphatic carbocycles. The number of nitrogens with zero attached hydrogens (tertiary/aromatic N) is 2. The number of pyridine rings is 1. The lowest BCUT2D eigenvalue weighted by molar-refractivity contribution is -0.137. The maximum atomic E-state index is 12.9. The van der Waals surface area contributed by atoms with Crippen LogP contribution >= 0.6 is 0 Å². The van der Waals surface area contributed by atoms with Crippen LogP contribution < -0.4 is 5.32 Å². The summed E-state index contributed by atoms with van der Waals surface area (Å²) in [5, 5.41) is 12.0. The van der Waals surface area contributed by atoms with Crippen LogP contribution in [0.25, 0.3) is 0 Å². The smallest absolute Gasteiger partial charge is 0.416 e. The zero-order valence-corrected chi connectivity index (χ0v) is 20.8. The van der Waals surface area contributed by atoms with Crippen LogP contribution in [0.2, 0.25) is 0 Å². The molecule has 2 N–H and O–H groups in total. The summed E-state index contributed by atoms with van der Waals surface area (Å²) in [6.45, 7) is 7.08. The van der Waals surface area contributed by atoms with Gasteiger partial charge in [-0.25, -0.2) is 4.79 Å². The fourth-order valence-electron chi connectivity index (χ4n) is 4.81. The molecule has 9 heteroatoms. The van der Waals surface area contributed by atoms with E-state index in [1.54, 1.807) is 25.3 Å². The molecule has 0 unspecified atom stereocenters. The van der Waals surface area contributed by atoms with Crippen molar-refractivity contribution in [2.24, 2.45) is 5.92 Å². The first-order chi connectivity index (χ1) is 17.4. The number of hydrogen-bond acceptors (Lipinski definition) is 4. The van der Waals surface area contributed by atoms with E-state index in [2.05, 4.69) is 29.0 Å². The van der Waals surface area contributed by atoms with Crippen molar-refractivity contribution in [3.05, 3.63) is 99.4 Å². The van der Waals surface area contributed by atoms with Crippen LogP contribution in [0.5, 0.6) is 0 Å². The van der Waals surface area contributed by atoms with Crippen LogP contribution in [0.1, 0.15) is 74.1 Å². The first-order valence-corrected chi connectivity index (χ1v) is 11.9. The van der Waals surface area contributed by atoms with Crippen LogP contribution in [0.3, 0.4) is 0 Å². The van der Waals surface area contributed by atoms with Gasteiger partial charge in [0.1, 0.15) is 0 Å². The van der Waals surface area contributed by atoms with E-state index in [9.17, 15) is 27.9 Å². The number of alkyl halides is 3. The Morgan fingerprint density at radius 1 is 1.11 bits per heavy atom. The number of aryl methyl sites for hydroxylation is 1. The number of nitrogens with one attached hydrogen (secondary N) is 1. The van der Waals surface area contributed by atoms with Gasteiger partial charge in [-0.1, -0.05) is 38.1 Å². The van der Waals surface area contributed by atoms with Gasteiger partial charge >= 0.3 is 12.1 Å². The second kappa shape index (κ2) is 10.3. The third-order valence-electron chi connectivity index (χ3n) is 6.58. The Labute approximate surface area is 213 Å². The van der Waals surface area contributed by atoms with Crippen LogP contribution in [0, 0.1) is 12.8 Å². The molecule has 0 fully saturated rings. The predicted molar refractivity (Wildman–Crippen MR) is 132 cm³/mol. The van der Waals surface area contributed by atoms with Gasteiger partial charge in [0.05, 0.1) is 28.4 Å². The number of rotatable bonds is 7. The largest absolute Gasteiger partial charge is 0.478 e. The lowest BCUT2D eigenvalue weighted by atomic mass is 9.99. The Balaban J connectivity index is 1.46. The summed E-state index contributed by atoms with van der Waals surface area (Å²) in [6, 6.07) is 11.9. The first kappa shape index (κ1) is 26.3. The van der Waals surface area contributed by atoms with Gasteiger partial charge < -0.3 is 10.4 Å². The summed E-state index contributed by atoms with van der Waals surface area (Å²) in [6.07, 6.45) is -2.82. The lowest BCUT2D eigenvalue weighted by Crippen LogP contribution is -2.25. The normalized spacial score (nSPS) is 15.6.